The van der Waals surface area contributed by atoms with E-state index in [0.29, 0.717) is 29.7 Å². The number of hydrogen-bond donors (Lipinski definition) is 0. The minimum atomic E-state index is -0.169. The number of rotatable bonds is 5. The molecule has 1 fully saturated rings. The van der Waals surface area contributed by atoms with E-state index in [1.165, 1.54) is 18.4 Å². The van der Waals surface area contributed by atoms with Gasteiger partial charge >= 0.3 is 0 Å². The molecule has 6 rings (SSSR count). The van der Waals surface area contributed by atoms with Crippen molar-refractivity contribution >= 4 is 0 Å². The van der Waals surface area contributed by atoms with E-state index in [9.17, 15) is 0 Å². The van der Waals surface area contributed by atoms with Crippen molar-refractivity contribution in [3.8, 4) is 34.4 Å². The molecule has 1 atom stereocenters. The monoisotopic (exact) mass is 426 g/mol. The number of pyridine rings is 2. The van der Waals surface area contributed by atoms with E-state index in [-0.39, 0.29) is 6.10 Å². The first-order valence-corrected chi connectivity index (χ1v) is 10.7. The third-order valence-corrected chi connectivity index (χ3v) is 5.76. The summed E-state index contributed by atoms with van der Waals surface area (Å²) < 4.78 is 19.8. The maximum atomic E-state index is 6.11. The molecule has 4 heterocycles. The zero-order chi connectivity index (χ0) is 21.5. The number of benzene rings is 1. The van der Waals surface area contributed by atoms with Gasteiger partial charge in [-0.05, 0) is 36.0 Å². The first kappa shape index (κ1) is 18.9. The van der Waals surface area contributed by atoms with Gasteiger partial charge in [0.25, 0.3) is 5.88 Å². The van der Waals surface area contributed by atoms with Gasteiger partial charge in [0.15, 0.2) is 11.9 Å². The van der Waals surface area contributed by atoms with Gasteiger partial charge in [-0.2, -0.15) is 5.10 Å². The number of aryl methyl sites for hydroxylation is 1. The van der Waals surface area contributed by atoms with Crippen molar-refractivity contribution in [2.45, 2.75) is 24.9 Å². The van der Waals surface area contributed by atoms with Gasteiger partial charge in [-0.1, -0.05) is 24.3 Å². The normalized spacial score (nSPS) is 17.2. The first-order valence-electron chi connectivity index (χ1n) is 10.7. The molecule has 1 unspecified atom stereocenters. The Balaban J connectivity index is 1.17. The lowest BCUT2D eigenvalue weighted by Gasteiger charge is -2.26. The van der Waals surface area contributed by atoms with Gasteiger partial charge < -0.3 is 14.2 Å². The second-order valence-electron chi connectivity index (χ2n) is 8.21. The van der Waals surface area contributed by atoms with E-state index >= 15 is 0 Å². The molecule has 0 radical (unpaired) electrons. The predicted octanol–water partition coefficient (Wildman–Crippen LogP) is 5.06. The molecule has 1 aliphatic carbocycles. The van der Waals surface area contributed by atoms with Crippen molar-refractivity contribution in [1.82, 2.24) is 19.7 Å². The third kappa shape index (κ3) is 3.77. The fourth-order valence-electron chi connectivity index (χ4n) is 3.88. The van der Waals surface area contributed by atoms with Crippen LogP contribution in [0.25, 0.3) is 11.3 Å². The number of ether oxygens (including phenoxy) is 3. The largest absolute Gasteiger partial charge is 0.484 e. The summed E-state index contributed by atoms with van der Waals surface area (Å²) in [7, 11) is 1.87. The fourth-order valence-corrected chi connectivity index (χ4v) is 3.88. The van der Waals surface area contributed by atoms with Crippen LogP contribution in [0.1, 0.15) is 36.0 Å². The maximum Gasteiger partial charge on any atom is 0.258 e. The smallest absolute Gasteiger partial charge is 0.258 e. The Labute approximate surface area is 185 Å². The highest BCUT2D eigenvalue weighted by atomic mass is 16.6. The SMILES string of the molecule is Cn1cc(-c2cc(Oc3cnc4c(c3)OCC(c3ccc(C5CC5)cc3)O4)ccn2)cn1. The van der Waals surface area contributed by atoms with Crippen molar-refractivity contribution in [3.63, 3.8) is 0 Å². The maximum absolute atomic E-state index is 6.11. The van der Waals surface area contributed by atoms with Gasteiger partial charge in [0.2, 0.25) is 0 Å². The average molecular weight is 426 g/mol. The fraction of sp³-hybridized carbons (Fsp3) is 0.240. The molecule has 7 nitrogen and oxygen atoms in total. The lowest BCUT2D eigenvalue weighted by atomic mass is 10.0. The van der Waals surface area contributed by atoms with Crippen molar-refractivity contribution in [1.29, 1.82) is 0 Å². The molecule has 0 amide bonds. The Kier molecular flexibility index (Phi) is 4.52. The molecule has 32 heavy (non-hydrogen) atoms. The second-order valence-corrected chi connectivity index (χ2v) is 8.21. The van der Waals surface area contributed by atoms with E-state index in [1.54, 1.807) is 35.4 Å². The standard InChI is InChI=1S/C25H22N4O3/c1-29-14-19(12-28-29)22-10-20(8-9-26-22)31-21-11-23-25(27-13-21)32-24(15-30-23)18-6-4-17(5-7-18)16-2-3-16/h4-14,16,24H,2-3,15H2,1H3. The molecule has 1 saturated carbocycles. The molecule has 0 N–H and O–H groups in total. The lowest BCUT2D eigenvalue weighted by molar-refractivity contribution is 0.0847. The molecule has 0 saturated heterocycles. The molecule has 0 bridgehead atoms. The van der Waals surface area contributed by atoms with E-state index < -0.39 is 0 Å². The number of aromatic nitrogens is 4. The molecule has 1 aromatic carbocycles. The van der Waals surface area contributed by atoms with Crippen LogP contribution >= 0.6 is 0 Å². The Hall–Kier alpha value is -3.87. The third-order valence-electron chi connectivity index (χ3n) is 5.76. The highest BCUT2D eigenvalue weighted by Gasteiger charge is 2.26. The van der Waals surface area contributed by atoms with E-state index in [4.69, 9.17) is 14.2 Å². The molecular formula is C25H22N4O3. The van der Waals surface area contributed by atoms with Crippen molar-refractivity contribution < 1.29 is 14.2 Å². The van der Waals surface area contributed by atoms with Crippen LogP contribution in [0.5, 0.6) is 23.1 Å². The average Bonchev–Trinajstić information content (AvgIpc) is 3.59. The van der Waals surface area contributed by atoms with Crippen molar-refractivity contribution in [2.24, 2.45) is 7.05 Å². The van der Waals surface area contributed by atoms with E-state index in [1.807, 2.05) is 19.3 Å². The molecule has 0 spiro atoms. The number of hydrogen-bond acceptors (Lipinski definition) is 6. The highest BCUT2D eigenvalue weighted by Crippen LogP contribution is 2.41. The van der Waals surface area contributed by atoms with Crippen LogP contribution in [0.15, 0.2) is 67.3 Å². The molecule has 4 aromatic rings. The summed E-state index contributed by atoms with van der Waals surface area (Å²) in [4.78, 5) is 8.83. The van der Waals surface area contributed by atoms with Crippen LogP contribution in [0.4, 0.5) is 0 Å². The molecule has 2 aliphatic rings. The van der Waals surface area contributed by atoms with Crippen LogP contribution < -0.4 is 14.2 Å². The zero-order valence-corrected chi connectivity index (χ0v) is 17.6. The summed E-state index contributed by atoms with van der Waals surface area (Å²) >= 11 is 0. The topological polar surface area (TPSA) is 71.3 Å². The summed E-state index contributed by atoms with van der Waals surface area (Å²) in [6.07, 6.45) is 9.47. The summed E-state index contributed by atoms with van der Waals surface area (Å²) in [5.74, 6) is 3.03. The lowest BCUT2D eigenvalue weighted by Crippen LogP contribution is -2.22. The molecule has 7 heteroatoms. The number of nitrogens with zero attached hydrogens (tertiary/aromatic N) is 4. The Morgan fingerprint density at radius 1 is 0.969 bits per heavy atom. The Bertz CT molecular complexity index is 1260. The minimum Gasteiger partial charge on any atom is -0.484 e. The number of fused-ring (bicyclic) bond motifs is 1. The van der Waals surface area contributed by atoms with E-state index in [2.05, 4.69) is 39.3 Å². The van der Waals surface area contributed by atoms with Gasteiger partial charge in [0.05, 0.1) is 18.1 Å². The van der Waals surface area contributed by atoms with Crippen molar-refractivity contribution in [3.05, 3.63) is 78.4 Å². The minimum absolute atomic E-state index is 0.169. The molecule has 1 aliphatic heterocycles. The van der Waals surface area contributed by atoms with Gasteiger partial charge in [-0.15, -0.1) is 0 Å². The zero-order valence-electron chi connectivity index (χ0n) is 17.6. The van der Waals surface area contributed by atoms with Gasteiger partial charge in [0.1, 0.15) is 18.1 Å². The predicted molar refractivity (Wildman–Crippen MR) is 118 cm³/mol. The Morgan fingerprint density at radius 2 is 1.81 bits per heavy atom. The summed E-state index contributed by atoms with van der Waals surface area (Å²) in [5, 5.41) is 4.19. The van der Waals surface area contributed by atoms with Crippen LogP contribution in [-0.4, -0.2) is 26.4 Å². The summed E-state index contributed by atoms with van der Waals surface area (Å²) in [6, 6.07) is 14.1. The van der Waals surface area contributed by atoms with Crippen LogP contribution in [0.3, 0.4) is 0 Å². The van der Waals surface area contributed by atoms with Crippen LogP contribution in [-0.2, 0) is 7.05 Å². The second kappa shape index (κ2) is 7.67. The molecule has 3 aromatic heterocycles. The van der Waals surface area contributed by atoms with Crippen LogP contribution in [0, 0.1) is 0 Å². The molecule has 160 valence electrons. The van der Waals surface area contributed by atoms with E-state index in [0.717, 1.165) is 22.7 Å². The summed E-state index contributed by atoms with van der Waals surface area (Å²) in [5.41, 5.74) is 4.22. The van der Waals surface area contributed by atoms with Crippen molar-refractivity contribution in [2.75, 3.05) is 6.61 Å². The summed E-state index contributed by atoms with van der Waals surface area (Å²) in [6.45, 7) is 0.432. The van der Waals surface area contributed by atoms with Gasteiger partial charge in [0, 0.05) is 37.1 Å². The Morgan fingerprint density at radius 3 is 2.59 bits per heavy atom. The first-order chi connectivity index (χ1) is 15.7. The highest BCUT2D eigenvalue weighted by molar-refractivity contribution is 5.59. The van der Waals surface area contributed by atoms with Crippen LogP contribution in [0.2, 0.25) is 0 Å². The van der Waals surface area contributed by atoms with Gasteiger partial charge in [-0.3, -0.25) is 9.67 Å². The molecular weight excluding hydrogens is 404 g/mol. The quantitative estimate of drug-likeness (QED) is 0.444. The van der Waals surface area contributed by atoms with Gasteiger partial charge in [-0.25, -0.2) is 4.98 Å².